The van der Waals surface area contributed by atoms with Crippen molar-refractivity contribution in [3.8, 4) is 22.6 Å². The van der Waals surface area contributed by atoms with Gasteiger partial charge in [-0.25, -0.2) is 9.97 Å². The molecular formula is C36H36N8O2. The summed E-state index contributed by atoms with van der Waals surface area (Å²) in [6.45, 7) is 3.30. The number of likely N-dealkylation sites (tertiary alicyclic amines) is 2. The van der Waals surface area contributed by atoms with Gasteiger partial charge in [0.05, 0.1) is 29.7 Å². The summed E-state index contributed by atoms with van der Waals surface area (Å²) in [6.07, 6.45) is 5.26. The van der Waals surface area contributed by atoms with Crippen molar-refractivity contribution >= 4 is 34.1 Å². The molecule has 10 nitrogen and oxygen atoms in total. The van der Waals surface area contributed by atoms with Gasteiger partial charge in [0, 0.05) is 73.0 Å². The van der Waals surface area contributed by atoms with Crippen LogP contribution < -0.4 is 9.80 Å². The van der Waals surface area contributed by atoms with Crippen LogP contribution in [0, 0.1) is 5.92 Å². The highest BCUT2D eigenvalue weighted by Gasteiger charge is 2.45. The lowest BCUT2D eigenvalue weighted by Gasteiger charge is -2.36. The molecule has 5 aromatic rings. The van der Waals surface area contributed by atoms with Crippen molar-refractivity contribution in [1.82, 2.24) is 30.0 Å². The summed E-state index contributed by atoms with van der Waals surface area (Å²) in [6, 6.07) is 26.8. The maximum atomic E-state index is 13.6. The number of carbonyl (C=O) groups is 2. The van der Waals surface area contributed by atoms with E-state index in [1.807, 2.05) is 61.6 Å². The van der Waals surface area contributed by atoms with Crippen molar-refractivity contribution in [3.05, 3.63) is 91.3 Å². The second-order valence-corrected chi connectivity index (χ2v) is 12.6. The zero-order valence-corrected chi connectivity index (χ0v) is 25.8. The lowest BCUT2D eigenvalue weighted by atomic mass is 10.1. The summed E-state index contributed by atoms with van der Waals surface area (Å²) < 4.78 is 0. The minimum absolute atomic E-state index is 0.0831. The predicted molar refractivity (Wildman–Crippen MR) is 178 cm³/mol. The Kier molecular flexibility index (Phi) is 7.21. The molecule has 3 aliphatic heterocycles. The van der Waals surface area contributed by atoms with Crippen LogP contribution in [0.25, 0.3) is 33.5 Å². The van der Waals surface area contributed by atoms with Crippen LogP contribution in [0.1, 0.15) is 12.8 Å². The van der Waals surface area contributed by atoms with Crippen molar-refractivity contribution in [2.75, 3.05) is 49.6 Å². The number of amides is 2. The molecule has 10 heteroatoms. The lowest BCUT2D eigenvalue weighted by Crippen LogP contribution is -2.51. The molecule has 1 N–H and O–H groups in total. The maximum Gasteiger partial charge on any atom is 0.237 e. The van der Waals surface area contributed by atoms with Gasteiger partial charge >= 0.3 is 0 Å². The number of piperazine rings is 1. The number of carbonyl (C=O) groups excluding carboxylic acids is 2. The molecule has 3 atom stereocenters. The van der Waals surface area contributed by atoms with Crippen LogP contribution in [-0.4, -0.2) is 93.6 Å². The number of anilines is 2. The molecule has 2 aromatic heterocycles. The quantitative estimate of drug-likeness (QED) is 0.290. The first-order chi connectivity index (χ1) is 22.5. The molecule has 2 amide bonds. The fraction of sp³-hybridized carbons (Fsp3) is 0.306. The van der Waals surface area contributed by atoms with E-state index in [-0.39, 0.29) is 23.8 Å². The van der Waals surface area contributed by atoms with Crippen LogP contribution in [0.3, 0.4) is 0 Å². The number of aromatic amines is 1. The molecule has 0 aliphatic carbocycles. The molecule has 0 radical (unpaired) electrons. The van der Waals surface area contributed by atoms with E-state index in [9.17, 15) is 9.59 Å². The van der Waals surface area contributed by atoms with E-state index in [0.29, 0.717) is 19.1 Å². The normalized spacial score (nSPS) is 20.9. The van der Waals surface area contributed by atoms with E-state index < -0.39 is 0 Å². The number of rotatable bonds is 7. The molecule has 3 aromatic carbocycles. The van der Waals surface area contributed by atoms with Gasteiger partial charge < -0.3 is 14.7 Å². The highest BCUT2D eigenvalue weighted by Crippen LogP contribution is 2.36. The van der Waals surface area contributed by atoms with Crippen LogP contribution in [0.15, 0.2) is 91.3 Å². The van der Waals surface area contributed by atoms with Crippen LogP contribution in [-0.2, 0) is 9.59 Å². The first-order valence-corrected chi connectivity index (χ1v) is 16.0. The number of nitrogens with zero attached hydrogens (tertiary/aromatic N) is 7. The van der Waals surface area contributed by atoms with E-state index >= 15 is 0 Å². The fourth-order valence-corrected chi connectivity index (χ4v) is 7.43. The van der Waals surface area contributed by atoms with Crippen molar-refractivity contribution in [3.63, 3.8) is 0 Å². The Balaban J connectivity index is 0.866. The zero-order valence-electron chi connectivity index (χ0n) is 25.8. The largest absolute Gasteiger partial charge is 0.365 e. The van der Waals surface area contributed by atoms with Crippen molar-refractivity contribution in [2.24, 2.45) is 5.92 Å². The standard InChI is InChI=1S/C36H36N8O2/c1-41(28-12-13-32-31(19-28)34(40-39-32)24-6-3-2-4-7-24)36(46)26-14-17-42(20-26)23-33(45)44-22-29-18-30(44)21-43(29)27-10-8-25(9-11-27)35-37-15-5-16-38-35/h2-13,15-16,19,26,29-30H,14,17-18,20-23H2,1H3,(H,39,40)/t26?,29-,30-/m0/s1. The molecule has 2 bridgehead atoms. The molecule has 0 saturated carbocycles. The summed E-state index contributed by atoms with van der Waals surface area (Å²) in [5.41, 5.74) is 5.85. The lowest BCUT2D eigenvalue weighted by molar-refractivity contribution is -0.133. The van der Waals surface area contributed by atoms with Gasteiger partial charge in [0.15, 0.2) is 5.82 Å². The van der Waals surface area contributed by atoms with E-state index in [2.05, 4.69) is 59.1 Å². The average Bonchev–Trinajstić information content (AvgIpc) is 3.92. The van der Waals surface area contributed by atoms with Gasteiger partial charge in [0.2, 0.25) is 11.8 Å². The summed E-state index contributed by atoms with van der Waals surface area (Å²) in [5, 5.41) is 8.62. The first-order valence-electron chi connectivity index (χ1n) is 16.0. The van der Waals surface area contributed by atoms with Crippen LogP contribution >= 0.6 is 0 Å². The molecule has 3 fully saturated rings. The summed E-state index contributed by atoms with van der Waals surface area (Å²) in [5.74, 6) is 0.837. The van der Waals surface area contributed by atoms with Gasteiger partial charge in [-0.1, -0.05) is 30.3 Å². The second kappa shape index (κ2) is 11.7. The van der Waals surface area contributed by atoms with Crippen LogP contribution in [0.2, 0.25) is 0 Å². The van der Waals surface area contributed by atoms with Gasteiger partial charge in [-0.3, -0.25) is 19.6 Å². The summed E-state index contributed by atoms with van der Waals surface area (Å²) >= 11 is 0. The topological polar surface area (TPSA) is 102 Å². The number of fused-ring (bicyclic) bond motifs is 3. The van der Waals surface area contributed by atoms with Gasteiger partial charge in [0.25, 0.3) is 0 Å². The molecule has 0 spiro atoms. The minimum Gasteiger partial charge on any atom is -0.365 e. The van der Waals surface area contributed by atoms with E-state index in [1.165, 1.54) is 5.69 Å². The monoisotopic (exact) mass is 612 g/mol. The molecule has 3 aliphatic rings. The first kappa shape index (κ1) is 28.4. The molecule has 5 heterocycles. The van der Waals surface area contributed by atoms with Gasteiger partial charge in [0.1, 0.15) is 0 Å². The van der Waals surface area contributed by atoms with Crippen molar-refractivity contribution in [1.29, 1.82) is 0 Å². The zero-order chi connectivity index (χ0) is 31.2. The molecule has 46 heavy (non-hydrogen) atoms. The van der Waals surface area contributed by atoms with E-state index in [1.54, 1.807) is 17.3 Å². The highest BCUT2D eigenvalue weighted by molar-refractivity contribution is 6.00. The van der Waals surface area contributed by atoms with Crippen LogP contribution in [0.5, 0.6) is 0 Å². The number of hydrogen-bond acceptors (Lipinski definition) is 7. The molecule has 1 unspecified atom stereocenters. The Hall–Kier alpha value is -5.09. The number of aromatic nitrogens is 4. The number of nitrogens with one attached hydrogen (secondary N) is 1. The summed E-state index contributed by atoms with van der Waals surface area (Å²) in [7, 11) is 1.84. The summed E-state index contributed by atoms with van der Waals surface area (Å²) in [4.78, 5) is 44.2. The molecular weight excluding hydrogens is 576 g/mol. The number of H-pyrrole nitrogens is 1. The number of benzene rings is 3. The molecule has 8 rings (SSSR count). The third-order valence-electron chi connectivity index (χ3n) is 9.88. The Bertz CT molecular complexity index is 1880. The Labute approximate surface area is 267 Å². The molecule has 3 saturated heterocycles. The van der Waals surface area contributed by atoms with Gasteiger partial charge in [-0.15, -0.1) is 0 Å². The average molecular weight is 613 g/mol. The van der Waals surface area contributed by atoms with Gasteiger partial charge in [-0.2, -0.15) is 5.10 Å². The predicted octanol–water partition coefficient (Wildman–Crippen LogP) is 4.46. The molecule has 232 valence electrons. The third kappa shape index (κ3) is 5.18. The van der Waals surface area contributed by atoms with E-state index in [4.69, 9.17) is 0 Å². The second-order valence-electron chi connectivity index (χ2n) is 12.6. The van der Waals surface area contributed by atoms with Gasteiger partial charge in [-0.05, 0) is 67.9 Å². The Morgan fingerprint density at radius 3 is 2.46 bits per heavy atom. The SMILES string of the molecule is CN(C(=O)C1CCN(CC(=O)N2C[C@@H]3C[C@H]2CN3c2ccc(-c3ncccn3)cc2)C1)c1ccc2[nH]nc(-c3ccccc3)c2c1. The fourth-order valence-electron chi connectivity index (χ4n) is 7.43. The maximum absolute atomic E-state index is 13.6. The number of hydrogen-bond donors (Lipinski definition) is 1. The van der Waals surface area contributed by atoms with Crippen LogP contribution in [0.4, 0.5) is 11.4 Å². The highest BCUT2D eigenvalue weighted by atomic mass is 16.2. The Morgan fingerprint density at radius 2 is 1.70 bits per heavy atom. The van der Waals surface area contributed by atoms with E-state index in [0.717, 1.165) is 71.7 Å². The third-order valence-corrected chi connectivity index (χ3v) is 9.88. The van der Waals surface area contributed by atoms with Crippen molar-refractivity contribution < 1.29 is 9.59 Å². The minimum atomic E-state index is -0.138. The smallest absolute Gasteiger partial charge is 0.237 e. The Morgan fingerprint density at radius 1 is 0.891 bits per heavy atom. The van der Waals surface area contributed by atoms with Crippen molar-refractivity contribution in [2.45, 2.75) is 24.9 Å².